The lowest BCUT2D eigenvalue weighted by atomic mass is 10.1. The monoisotopic (exact) mass is 250 g/mol. The summed E-state index contributed by atoms with van der Waals surface area (Å²) in [6.45, 7) is 5.07. The third-order valence-electron chi connectivity index (χ3n) is 2.81. The van der Waals surface area contributed by atoms with Crippen LogP contribution >= 0.6 is 11.3 Å². The van der Waals surface area contributed by atoms with Crippen LogP contribution in [0, 0.1) is 0 Å². The molecule has 0 amide bonds. The first-order valence-electron chi connectivity index (χ1n) is 5.94. The highest BCUT2D eigenvalue weighted by Gasteiger charge is 2.14. The van der Waals surface area contributed by atoms with E-state index in [1.807, 2.05) is 16.4 Å². The molecule has 5 heteroatoms. The van der Waals surface area contributed by atoms with Gasteiger partial charge in [-0.05, 0) is 19.4 Å². The van der Waals surface area contributed by atoms with E-state index in [4.69, 9.17) is 5.73 Å². The third-order valence-corrected chi connectivity index (χ3v) is 3.61. The first-order valence-corrected chi connectivity index (χ1v) is 6.82. The van der Waals surface area contributed by atoms with E-state index in [2.05, 4.69) is 30.0 Å². The van der Waals surface area contributed by atoms with Crippen LogP contribution in [0.5, 0.6) is 0 Å². The molecule has 1 unspecified atom stereocenters. The van der Waals surface area contributed by atoms with Crippen LogP contribution in [0.15, 0.2) is 17.8 Å². The van der Waals surface area contributed by atoms with Crippen LogP contribution in [0.3, 0.4) is 0 Å². The van der Waals surface area contributed by atoms with Gasteiger partial charge in [0.05, 0.1) is 22.9 Å². The summed E-state index contributed by atoms with van der Waals surface area (Å²) in [4.78, 5) is 5.30. The van der Waals surface area contributed by atoms with Crippen molar-refractivity contribution in [2.45, 2.75) is 39.3 Å². The second kappa shape index (κ2) is 5.42. The van der Waals surface area contributed by atoms with Crippen molar-refractivity contribution in [1.29, 1.82) is 0 Å². The highest BCUT2D eigenvalue weighted by Crippen LogP contribution is 2.19. The largest absolute Gasteiger partial charge is 0.322 e. The number of rotatable bonds is 5. The van der Waals surface area contributed by atoms with E-state index >= 15 is 0 Å². The quantitative estimate of drug-likeness (QED) is 0.884. The van der Waals surface area contributed by atoms with Crippen LogP contribution < -0.4 is 5.73 Å². The molecule has 0 bridgehead atoms. The van der Waals surface area contributed by atoms with Gasteiger partial charge >= 0.3 is 0 Å². The minimum Gasteiger partial charge on any atom is -0.322 e. The Morgan fingerprint density at radius 1 is 1.47 bits per heavy atom. The fraction of sp³-hybridized carbons (Fsp3) is 0.500. The van der Waals surface area contributed by atoms with Crippen LogP contribution in [0.4, 0.5) is 0 Å². The van der Waals surface area contributed by atoms with E-state index in [-0.39, 0.29) is 6.04 Å². The number of thiazole rings is 1. The minimum absolute atomic E-state index is 0.00296. The fourth-order valence-corrected chi connectivity index (χ4v) is 2.53. The molecular weight excluding hydrogens is 232 g/mol. The number of hydrogen-bond donors (Lipinski definition) is 1. The maximum Gasteiger partial charge on any atom is 0.0794 e. The van der Waals surface area contributed by atoms with Crippen molar-refractivity contribution in [3.8, 4) is 0 Å². The smallest absolute Gasteiger partial charge is 0.0794 e. The average molecular weight is 250 g/mol. The Balaban J connectivity index is 2.17. The number of nitrogens with two attached hydrogens (primary N) is 1. The SMILES string of the molecule is CCc1cc(C(N)Cc2cncs2)n(CC)n1. The fourth-order valence-electron chi connectivity index (χ4n) is 1.88. The maximum absolute atomic E-state index is 6.25. The van der Waals surface area contributed by atoms with Crippen molar-refractivity contribution in [2.24, 2.45) is 5.73 Å². The molecule has 4 nitrogen and oxygen atoms in total. The van der Waals surface area contributed by atoms with Gasteiger partial charge in [-0.1, -0.05) is 6.92 Å². The van der Waals surface area contributed by atoms with Gasteiger partial charge in [0.1, 0.15) is 0 Å². The molecule has 0 saturated carbocycles. The Labute approximate surface area is 105 Å². The van der Waals surface area contributed by atoms with E-state index in [1.54, 1.807) is 11.3 Å². The second-order valence-electron chi connectivity index (χ2n) is 4.01. The first kappa shape index (κ1) is 12.3. The third kappa shape index (κ3) is 2.73. The van der Waals surface area contributed by atoms with E-state index in [9.17, 15) is 0 Å². The number of aromatic nitrogens is 3. The molecule has 0 aromatic carbocycles. The summed E-state index contributed by atoms with van der Waals surface area (Å²) < 4.78 is 2.00. The summed E-state index contributed by atoms with van der Waals surface area (Å²) in [7, 11) is 0. The molecule has 2 aromatic rings. The van der Waals surface area contributed by atoms with Crippen molar-refractivity contribution in [1.82, 2.24) is 14.8 Å². The van der Waals surface area contributed by atoms with Crippen LogP contribution in [0.2, 0.25) is 0 Å². The molecule has 0 aliphatic carbocycles. The molecule has 2 rings (SSSR count). The molecule has 92 valence electrons. The molecule has 0 fully saturated rings. The van der Waals surface area contributed by atoms with E-state index in [1.165, 1.54) is 4.88 Å². The van der Waals surface area contributed by atoms with Gasteiger partial charge < -0.3 is 5.73 Å². The zero-order chi connectivity index (χ0) is 12.3. The Bertz CT molecular complexity index is 461. The van der Waals surface area contributed by atoms with Gasteiger partial charge in [0.2, 0.25) is 0 Å². The van der Waals surface area contributed by atoms with Gasteiger partial charge in [-0.2, -0.15) is 5.10 Å². The zero-order valence-corrected chi connectivity index (χ0v) is 11.1. The lowest BCUT2D eigenvalue weighted by Gasteiger charge is -2.11. The molecule has 0 radical (unpaired) electrons. The lowest BCUT2D eigenvalue weighted by molar-refractivity contribution is 0.566. The van der Waals surface area contributed by atoms with Gasteiger partial charge in [0.25, 0.3) is 0 Å². The highest BCUT2D eigenvalue weighted by atomic mass is 32.1. The summed E-state index contributed by atoms with van der Waals surface area (Å²) in [6, 6.07) is 2.12. The Kier molecular flexibility index (Phi) is 3.91. The van der Waals surface area contributed by atoms with Crippen LogP contribution in [-0.4, -0.2) is 14.8 Å². The summed E-state index contributed by atoms with van der Waals surface area (Å²) in [5.74, 6) is 0. The van der Waals surface area contributed by atoms with Crippen molar-refractivity contribution in [3.05, 3.63) is 34.0 Å². The molecule has 0 saturated heterocycles. The van der Waals surface area contributed by atoms with Crippen LogP contribution in [0.1, 0.15) is 36.2 Å². The Morgan fingerprint density at radius 2 is 2.29 bits per heavy atom. The first-order chi connectivity index (χ1) is 8.24. The van der Waals surface area contributed by atoms with Crippen molar-refractivity contribution >= 4 is 11.3 Å². The normalized spacial score (nSPS) is 12.9. The van der Waals surface area contributed by atoms with Crippen LogP contribution in [0.25, 0.3) is 0 Å². The van der Waals surface area contributed by atoms with Crippen molar-refractivity contribution < 1.29 is 0 Å². The maximum atomic E-state index is 6.25. The predicted molar refractivity (Wildman–Crippen MR) is 70.0 cm³/mol. The predicted octanol–water partition coefficient (Wildman–Crippen LogP) is 2.16. The molecular formula is C12H18N4S. The summed E-state index contributed by atoms with van der Waals surface area (Å²) in [6.07, 6.45) is 3.67. The van der Waals surface area contributed by atoms with Gasteiger partial charge in [-0.15, -0.1) is 11.3 Å². The summed E-state index contributed by atoms with van der Waals surface area (Å²) in [5.41, 5.74) is 10.3. The second-order valence-corrected chi connectivity index (χ2v) is 4.98. The van der Waals surface area contributed by atoms with Crippen molar-refractivity contribution in [2.75, 3.05) is 0 Å². The number of aryl methyl sites for hydroxylation is 2. The topological polar surface area (TPSA) is 56.7 Å². The Hall–Kier alpha value is -1.20. The molecule has 2 aromatic heterocycles. The van der Waals surface area contributed by atoms with Crippen molar-refractivity contribution in [3.63, 3.8) is 0 Å². The number of hydrogen-bond acceptors (Lipinski definition) is 4. The molecule has 1 atom stereocenters. The average Bonchev–Trinajstić information content (AvgIpc) is 2.96. The summed E-state index contributed by atoms with van der Waals surface area (Å²) in [5, 5.41) is 4.52. The molecule has 17 heavy (non-hydrogen) atoms. The van der Waals surface area contributed by atoms with Gasteiger partial charge in [0, 0.05) is 24.0 Å². The molecule has 2 N–H and O–H groups in total. The van der Waals surface area contributed by atoms with Gasteiger partial charge in [-0.25, -0.2) is 0 Å². The minimum atomic E-state index is 0.00296. The Morgan fingerprint density at radius 3 is 2.88 bits per heavy atom. The molecule has 0 aliphatic rings. The van der Waals surface area contributed by atoms with E-state index in [0.717, 1.165) is 30.8 Å². The number of nitrogens with zero attached hydrogens (tertiary/aromatic N) is 3. The molecule has 2 heterocycles. The highest BCUT2D eigenvalue weighted by molar-refractivity contribution is 7.09. The molecule has 0 aliphatic heterocycles. The lowest BCUT2D eigenvalue weighted by Crippen LogP contribution is -2.17. The van der Waals surface area contributed by atoms with Crippen LogP contribution in [-0.2, 0) is 19.4 Å². The summed E-state index contributed by atoms with van der Waals surface area (Å²) >= 11 is 1.65. The standard InChI is InChI=1S/C12H18N4S/c1-3-9-5-12(16(4-2)15-9)11(13)6-10-7-14-8-17-10/h5,7-8,11H,3-4,6,13H2,1-2H3. The van der Waals surface area contributed by atoms with E-state index in [0.29, 0.717) is 0 Å². The van der Waals surface area contributed by atoms with E-state index < -0.39 is 0 Å². The van der Waals surface area contributed by atoms with Gasteiger partial charge in [-0.3, -0.25) is 9.67 Å². The molecule has 0 spiro atoms. The zero-order valence-electron chi connectivity index (χ0n) is 10.3. The van der Waals surface area contributed by atoms with Gasteiger partial charge in [0.15, 0.2) is 0 Å².